The summed E-state index contributed by atoms with van der Waals surface area (Å²) in [7, 11) is 0.888. The number of rotatable bonds is 9. The van der Waals surface area contributed by atoms with E-state index in [9.17, 15) is 0 Å². The fourth-order valence-corrected chi connectivity index (χ4v) is 2.56. The first-order chi connectivity index (χ1) is 8.22. The van der Waals surface area contributed by atoms with Gasteiger partial charge in [0, 0.05) is 12.1 Å². The highest BCUT2D eigenvalue weighted by molar-refractivity contribution is 6.40. The zero-order chi connectivity index (χ0) is 12.5. The van der Waals surface area contributed by atoms with Crippen LogP contribution in [0, 0.1) is 0 Å². The van der Waals surface area contributed by atoms with Crippen LogP contribution in [0.3, 0.4) is 0 Å². The maximum atomic E-state index is 8.75. The molecule has 1 fully saturated rings. The predicted molar refractivity (Wildman–Crippen MR) is 72.0 cm³/mol. The topological polar surface area (TPSA) is 64.5 Å². The van der Waals surface area contributed by atoms with Crippen molar-refractivity contribution in [3.05, 3.63) is 0 Å². The van der Waals surface area contributed by atoms with Crippen LogP contribution in [0.4, 0.5) is 0 Å². The van der Waals surface area contributed by atoms with Crippen LogP contribution in [0.5, 0.6) is 0 Å². The summed E-state index contributed by atoms with van der Waals surface area (Å²) in [4.78, 5) is 0. The number of unbranched alkanes of at least 4 members (excludes halogenated alkanes) is 1. The average molecular weight is 242 g/mol. The summed E-state index contributed by atoms with van der Waals surface area (Å²) in [5, 5.41) is 24.4. The van der Waals surface area contributed by atoms with Crippen molar-refractivity contribution in [2.24, 2.45) is 0 Å². The van der Waals surface area contributed by atoms with Crippen molar-refractivity contribution in [2.75, 3.05) is 13.6 Å². The number of hydrogen-bond acceptors (Lipinski definition) is 4. The van der Waals surface area contributed by atoms with Gasteiger partial charge in [-0.3, -0.25) is 0 Å². The Bertz CT molecular complexity index is 187. The second kappa shape index (κ2) is 8.92. The van der Waals surface area contributed by atoms with Gasteiger partial charge in [0.05, 0.1) is 0 Å². The van der Waals surface area contributed by atoms with Crippen molar-refractivity contribution in [1.29, 1.82) is 0 Å². The molecular weight excluding hydrogens is 215 g/mol. The standard InChI is InChI=1S/C12H27BN2O2/c1-14-11(5-2-3-9-13(16)17)7-8-12-6-4-10-15-12/h11-12,14-17H,2-10H2,1H3. The average Bonchev–Trinajstić information content (AvgIpc) is 2.81. The molecule has 1 saturated heterocycles. The Labute approximate surface area is 105 Å². The van der Waals surface area contributed by atoms with Gasteiger partial charge in [-0.15, -0.1) is 0 Å². The van der Waals surface area contributed by atoms with Gasteiger partial charge < -0.3 is 20.7 Å². The Hall–Kier alpha value is -0.0951. The zero-order valence-electron chi connectivity index (χ0n) is 11.0. The predicted octanol–water partition coefficient (Wildman–Crippen LogP) is 0.750. The molecular formula is C12H27BN2O2. The van der Waals surface area contributed by atoms with E-state index >= 15 is 0 Å². The lowest BCUT2D eigenvalue weighted by molar-refractivity contribution is 0.394. The minimum Gasteiger partial charge on any atom is -0.427 e. The van der Waals surface area contributed by atoms with Gasteiger partial charge in [0.25, 0.3) is 0 Å². The van der Waals surface area contributed by atoms with E-state index in [4.69, 9.17) is 10.0 Å². The molecule has 0 aliphatic carbocycles. The third kappa shape index (κ3) is 7.04. The second-order valence-electron chi connectivity index (χ2n) is 5.12. The van der Waals surface area contributed by atoms with Crippen molar-refractivity contribution >= 4 is 7.12 Å². The molecule has 1 rings (SSSR count). The summed E-state index contributed by atoms with van der Waals surface area (Å²) in [6.07, 6.45) is 8.73. The van der Waals surface area contributed by atoms with Crippen molar-refractivity contribution in [2.45, 2.75) is 63.3 Å². The first kappa shape index (κ1) is 15.0. The van der Waals surface area contributed by atoms with Gasteiger partial charge in [-0.1, -0.05) is 12.8 Å². The fraction of sp³-hybridized carbons (Fsp3) is 1.00. The zero-order valence-corrected chi connectivity index (χ0v) is 11.0. The van der Waals surface area contributed by atoms with Crippen molar-refractivity contribution in [3.8, 4) is 0 Å². The molecule has 1 aliphatic heterocycles. The molecule has 0 saturated carbocycles. The van der Waals surface area contributed by atoms with Crippen LogP contribution in [0.1, 0.15) is 44.9 Å². The monoisotopic (exact) mass is 242 g/mol. The highest BCUT2D eigenvalue weighted by Crippen LogP contribution is 2.15. The van der Waals surface area contributed by atoms with Crippen LogP contribution in [-0.2, 0) is 0 Å². The Morgan fingerprint density at radius 1 is 1.35 bits per heavy atom. The van der Waals surface area contributed by atoms with E-state index in [1.165, 1.54) is 32.2 Å². The van der Waals surface area contributed by atoms with Crippen LogP contribution in [0.2, 0.25) is 6.32 Å². The Balaban J connectivity index is 2.02. The molecule has 5 heteroatoms. The Morgan fingerprint density at radius 2 is 2.18 bits per heavy atom. The van der Waals surface area contributed by atoms with Crippen LogP contribution < -0.4 is 10.6 Å². The second-order valence-corrected chi connectivity index (χ2v) is 5.12. The van der Waals surface area contributed by atoms with Crippen LogP contribution in [-0.4, -0.2) is 42.8 Å². The maximum absolute atomic E-state index is 8.75. The minimum absolute atomic E-state index is 0.501. The fourth-order valence-electron chi connectivity index (χ4n) is 2.56. The molecule has 1 aliphatic rings. The van der Waals surface area contributed by atoms with Crippen molar-refractivity contribution in [3.63, 3.8) is 0 Å². The largest absolute Gasteiger partial charge is 0.451 e. The molecule has 17 heavy (non-hydrogen) atoms. The lowest BCUT2D eigenvalue weighted by Gasteiger charge is -2.18. The summed E-state index contributed by atoms with van der Waals surface area (Å²) in [5.41, 5.74) is 0. The SMILES string of the molecule is CNC(CCCCB(O)O)CCC1CCCN1. The highest BCUT2D eigenvalue weighted by atomic mass is 16.4. The van der Waals surface area contributed by atoms with Gasteiger partial charge >= 0.3 is 7.12 Å². The first-order valence-electron chi connectivity index (χ1n) is 6.99. The lowest BCUT2D eigenvalue weighted by Crippen LogP contribution is -2.29. The molecule has 0 aromatic carbocycles. The highest BCUT2D eigenvalue weighted by Gasteiger charge is 2.16. The molecule has 0 amide bonds. The Morgan fingerprint density at radius 3 is 2.76 bits per heavy atom. The number of nitrogens with one attached hydrogen (secondary N) is 2. The first-order valence-corrected chi connectivity index (χ1v) is 6.99. The maximum Gasteiger partial charge on any atom is 0.451 e. The smallest absolute Gasteiger partial charge is 0.427 e. The van der Waals surface area contributed by atoms with Crippen molar-refractivity contribution < 1.29 is 10.0 Å². The Kier molecular flexibility index (Phi) is 7.85. The van der Waals surface area contributed by atoms with Crippen LogP contribution in [0.25, 0.3) is 0 Å². The molecule has 0 aromatic heterocycles. The quantitative estimate of drug-likeness (QED) is 0.356. The third-order valence-corrected chi connectivity index (χ3v) is 3.70. The van der Waals surface area contributed by atoms with Crippen LogP contribution >= 0.6 is 0 Å². The molecule has 2 unspecified atom stereocenters. The van der Waals surface area contributed by atoms with E-state index in [0.717, 1.165) is 25.3 Å². The molecule has 0 radical (unpaired) electrons. The van der Waals surface area contributed by atoms with E-state index in [2.05, 4.69) is 10.6 Å². The van der Waals surface area contributed by atoms with Gasteiger partial charge in [-0.05, 0) is 52.0 Å². The van der Waals surface area contributed by atoms with Crippen LogP contribution in [0.15, 0.2) is 0 Å². The summed E-state index contributed by atoms with van der Waals surface area (Å²) < 4.78 is 0. The van der Waals surface area contributed by atoms with E-state index in [1.54, 1.807) is 0 Å². The van der Waals surface area contributed by atoms with Crippen molar-refractivity contribution in [1.82, 2.24) is 10.6 Å². The van der Waals surface area contributed by atoms with E-state index in [0.29, 0.717) is 12.4 Å². The molecule has 100 valence electrons. The van der Waals surface area contributed by atoms with Gasteiger partial charge in [-0.2, -0.15) is 0 Å². The van der Waals surface area contributed by atoms with E-state index < -0.39 is 7.12 Å². The molecule has 0 spiro atoms. The summed E-state index contributed by atoms with van der Waals surface area (Å²) in [5.74, 6) is 0. The van der Waals surface area contributed by atoms with Gasteiger partial charge in [-0.25, -0.2) is 0 Å². The summed E-state index contributed by atoms with van der Waals surface area (Å²) in [6.45, 7) is 1.18. The lowest BCUT2D eigenvalue weighted by atomic mass is 9.83. The van der Waals surface area contributed by atoms with Gasteiger partial charge in [0.1, 0.15) is 0 Å². The van der Waals surface area contributed by atoms with Gasteiger partial charge in [0.15, 0.2) is 0 Å². The summed E-state index contributed by atoms with van der Waals surface area (Å²) >= 11 is 0. The van der Waals surface area contributed by atoms with Gasteiger partial charge in [0.2, 0.25) is 0 Å². The summed E-state index contributed by atoms with van der Waals surface area (Å²) in [6, 6.07) is 1.30. The minimum atomic E-state index is -1.13. The molecule has 2 atom stereocenters. The molecule has 0 bridgehead atoms. The molecule has 1 heterocycles. The van der Waals surface area contributed by atoms with E-state index in [1.807, 2.05) is 7.05 Å². The normalized spacial score (nSPS) is 21.7. The molecule has 4 N–H and O–H groups in total. The molecule has 0 aromatic rings. The number of hydrogen-bond donors (Lipinski definition) is 4. The third-order valence-electron chi connectivity index (χ3n) is 3.70. The molecule has 4 nitrogen and oxygen atoms in total. The van der Waals surface area contributed by atoms with E-state index in [-0.39, 0.29) is 0 Å².